The van der Waals surface area contributed by atoms with E-state index >= 15 is 0 Å². The van der Waals surface area contributed by atoms with Crippen LogP contribution < -0.4 is 15.4 Å². The van der Waals surface area contributed by atoms with Gasteiger partial charge in [0.1, 0.15) is 18.4 Å². The van der Waals surface area contributed by atoms with E-state index in [0.717, 1.165) is 17.5 Å². The van der Waals surface area contributed by atoms with Crippen molar-refractivity contribution in [2.45, 2.75) is 52.0 Å². The molecule has 8 nitrogen and oxygen atoms in total. The number of amides is 2. The third-order valence-electron chi connectivity index (χ3n) is 6.50. The normalized spacial score (nSPS) is 15.3. The lowest BCUT2D eigenvalue weighted by Gasteiger charge is -2.22. The Morgan fingerprint density at radius 1 is 0.972 bits per heavy atom. The molecule has 0 aromatic heterocycles. The average molecular weight is 495 g/mol. The van der Waals surface area contributed by atoms with Gasteiger partial charge in [-0.05, 0) is 55.9 Å². The number of ether oxygens (including phenoxy) is 1. The Labute approximate surface area is 211 Å². The van der Waals surface area contributed by atoms with Crippen LogP contribution in [-0.2, 0) is 32.0 Å². The summed E-state index contributed by atoms with van der Waals surface area (Å²) in [5, 5.41) is 15.0. The molecule has 0 radical (unpaired) electrons. The van der Waals surface area contributed by atoms with Gasteiger partial charge < -0.3 is 20.5 Å². The molecule has 0 heterocycles. The van der Waals surface area contributed by atoms with Crippen LogP contribution in [-0.4, -0.2) is 47.9 Å². The Morgan fingerprint density at radius 3 is 2.22 bits per heavy atom. The second kappa shape index (κ2) is 12.3. The van der Waals surface area contributed by atoms with Crippen LogP contribution in [0.1, 0.15) is 44.2 Å². The predicted molar refractivity (Wildman–Crippen MR) is 134 cm³/mol. The quantitative estimate of drug-likeness (QED) is 0.371. The maximum atomic E-state index is 13.0. The number of rotatable bonds is 14. The Hall–Kier alpha value is -3.68. The molecule has 1 aliphatic rings. The lowest BCUT2D eigenvalue weighted by molar-refractivity contribution is -0.143. The van der Waals surface area contributed by atoms with Crippen LogP contribution in [0.4, 0.5) is 0 Å². The van der Waals surface area contributed by atoms with E-state index in [0.29, 0.717) is 25.0 Å². The summed E-state index contributed by atoms with van der Waals surface area (Å²) in [5.41, 5.74) is 1.03. The van der Waals surface area contributed by atoms with Crippen molar-refractivity contribution in [3.63, 3.8) is 0 Å². The first-order chi connectivity index (χ1) is 17.2. The Bertz CT molecular complexity index is 1060. The zero-order valence-electron chi connectivity index (χ0n) is 20.8. The summed E-state index contributed by atoms with van der Waals surface area (Å²) in [6, 6.07) is 16.0. The van der Waals surface area contributed by atoms with Gasteiger partial charge in [0.2, 0.25) is 11.8 Å². The van der Waals surface area contributed by atoms with E-state index < -0.39 is 23.3 Å². The van der Waals surface area contributed by atoms with Gasteiger partial charge in [-0.25, -0.2) is 0 Å². The molecular formula is C28H34N2O6. The van der Waals surface area contributed by atoms with Crippen molar-refractivity contribution in [2.75, 3.05) is 13.2 Å². The molecule has 2 aromatic rings. The highest BCUT2D eigenvalue weighted by atomic mass is 16.5. The number of nitrogens with one attached hydrogen (secondary N) is 2. The number of Topliss-reactive ketones (excluding diaryl/α,β-unsaturated/α-hetero) is 1. The molecule has 1 aliphatic carbocycles. The van der Waals surface area contributed by atoms with Gasteiger partial charge in [-0.2, -0.15) is 0 Å². The number of hydrogen-bond donors (Lipinski definition) is 3. The largest absolute Gasteiger partial charge is 0.486 e. The van der Waals surface area contributed by atoms with E-state index in [-0.39, 0.29) is 37.2 Å². The van der Waals surface area contributed by atoms with E-state index in [1.54, 1.807) is 24.3 Å². The molecule has 1 fully saturated rings. The minimum absolute atomic E-state index is 0.0212. The number of hydrogen-bond acceptors (Lipinski definition) is 5. The van der Waals surface area contributed by atoms with E-state index in [1.807, 2.05) is 37.3 Å². The maximum absolute atomic E-state index is 13.0. The highest BCUT2D eigenvalue weighted by Crippen LogP contribution is 2.45. The van der Waals surface area contributed by atoms with Gasteiger partial charge in [0.25, 0.3) is 0 Å². The molecule has 2 amide bonds. The summed E-state index contributed by atoms with van der Waals surface area (Å²) in [7, 11) is 0. The van der Waals surface area contributed by atoms with Crippen molar-refractivity contribution in [2.24, 2.45) is 11.3 Å². The summed E-state index contributed by atoms with van der Waals surface area (Å²) < 4.78 is 5.39. The standard InChI is InChI=1S/C28H34N2O6/c1-19(8-9-21-6-4-3-5-7-21)25(32)30-24(26(33)29-18-28(14-15-28)27(34)35)16-22-10-12-23(13-11-22)36-17-20(2)31/h3-7,10-13,19,24H,8-9,14-18H2,1-2H3,(H,29,33)(H,30,32)(H,34,35)/t19-,24+/m1/s1. The van der Waals surface area contributed by atoms with Crippen LogP contribution in [0.5, 0.6) is 5.75 Å². The molecule has 3 rings (SSSR count). The van der Waals surface area contributed by atoms with Crippen LogP contribution in [0.15, 0.2) is 54.6 Å². The molecule has 0 bridgehead atoms. The number of aliphatic carboxylic acids is 1. The minimum atomic E-state index is -0.918. The van der Waals surface area contributed by atoms with Gasteiger partial charge in [-0.1, -0.05) is 49.4 Å². The molecule has 0 spiro atoms. The van der Waals surface area contributed by atoms with E-state index in [9.17, 15) is 24.3 Å². The summed E-state index contributed by atoms with van der Waals surface area (Å²) in [6.45, 7) is 3.29. The SMILES string of the molecule is CC(=O)COc1ccc(C[C@H](NC(=O)[C@H](C)CCc2ccccc2)C(=O)NCC2(C(=O)O)CC2)cc1. The van der Waals surface area contributed by atoms with Gasteiger partial charge in [0, 0.05) is 18.9 Å². The number of benzene rings is 2. The average Bonchev–Trinajstić information content (AvgIpc) is 3.67. The molecule has 8 heteroatoms. The van der Waals surface area contributed by atoms with Gasteiger partial charge in [-0.15, -0.1) is 0 Å². The lowest BCUT2D eigenvalue weighted by atomic mass is 9.99. The van der Waals surface area contributed by atoms with Crippen LogP contribution in [0, 0.1) is 11.3 Å². The zero-order chi connectivity index (χ0) is 26.1. The molecular weight excluding hydrogens is 460 g/mol. The summed E-state index contributed by atoms with van der Waals surface area (Å²) in [5.74, 6) is -1.43. The number of carbonyl (C=O) groups excluding carboxylic acids is 3. The van der Waals surface area contributed by atoms with E-state index in [4.69, 9.17) is 4.74 Å². The minimum Gasteiger partial charge on any atom is -0.486 e. The second-order valence-electron chi connectivity index (χ2n) is 9.63. The summed E-state index contributed by atoms with van der Waals surface area (Å²) in [4.78, 5) is 48.6. The van der Waals surface area contributed by atoms with E-state index in [2.05, 4.69) is 10.6 Å². The van der Waals surface area contributed by atoms with Crippen molar-refractivity contribution in [3.8, 4) is 5.75 Å². The highest BCUT2D eigenvalue weighted by Gasteiger charge is 2.50. The summed E-state index contributed by atoms with van der Waals surface area (Å²) >= 11 is 0. The first kappa shape index (κ1) is 26.9. The van der Waals surface area contributed by atoms with Crippen LogP contribution >= 0.6 is 0 Å². The fourth-order valence-corrected chi connectivity index (χ4v) is 3.82. The lowest BCUT2D eigenvalue weighted by Crippen LogP contribution is -2.50. The fourth-order valence-electron chi connectivity index (χ4n) is 3.82. The topological polar surface area (TPSA) is 122 Å². The number of ketones is 1. The molecule has 1 saturated carbocycles. The zero-order valence-corrected chi connectivity index (χ0v) is 20.8. The number of carbonyl (C=O) groups is 4. The van der Waals surface area contributed by atoms with Crippen molar-refractivity contribution >= 4 is 23.6 Å². The molecule has 2 aromatic carbocycles. The van der Waals surface area contributed by atoms with Crippen molar-refractivity contribution in [1.82, 2.24) is 10.6 Å². The molecule has 36 heavy (non-hydrogen) atoms. The monoisotopic (exact) mass is 494 g/mol. The Balaban J connectivity index is 1.63. The predicted octanol–water partition coefficient (Wildman–Crippen LogP) is 2.93. The van der Waals surface area contributed by atoms with Gasteiger partial charge in [-0.3, -0.25) is 19.2 Å². The van der Waals surface area contributed by atoms with Crippen molar-refractivity contribution in [1.29, 1.82) is 0 Å². The van der Waals surface area contributed by atoms with Gasteiger partial charge >= 0.3 is 5.97 Å². The first-order valence-electron chi connectivity index (χ1n) is 12.2. The van der Waals surface area contributed by atoms with Gasteiger partial charge in [0.15, 0.2) is 5.78 Å². The van der Waals surface area contributed by atoms with Crippen LogP contribution in [0.3, 0.4) is 0 Å². The second-order valence-corrected chi connectivity index (χ2v) is 9.63. The Morgan fingerprint density at radius 2 is 1.64 bits per heavy atom. The molecule has 192 valence electrons. The highest BCUT2D eigenvalue weighted by molar-refractivity contribution is 5.89. The fraction of sp³-hybridized carbons (Fsp3) is 0.429. The molecule has 3 N–H and O–H groups in total. The molecule has 0 unspecified atom stereocenters. The summed E-state index contributed by atoms with van der Waals surface area (Å²) in [6.07, 6.45) is 2.66. The maximum Gasteiger partial charge on any atom is 0.311 e. The van der Waals surface area contributed by atoms with Crippen LogP contribution in [0.2, 0.25) is 0 Å². The molecule has 0 saturated heterocycles. The third kappa shape index (κ3) is 7.93. The Kier molecular flexibility index (Phi) is 9.22. The third-order valence-corrected chi connectivity index (χ3v) is 6.50. The number of carboxylic acid groups (broad SMARTS) is 1. The number of aryl methyl sites for hydroxylation is 1. The van der Waals surface area contributed by atoms with Crippen LogP contribution in [0.25, 0.3) is 0 Å². The van der Waals surface area contributed by atoms with Crippen molar-refractivity contribution < 1.29 is 29.0 Å². The van der Waals surface area contributed by atoms with Crippen molar-refractivity contribution in [3.05, 3.63) is 65.7 Å². The van der Waals surface area contributed by atoms with E-state index in [1.165, 1.54) is 6.92 Å². The molecule has 2 atom stereocenters. The number of carboxylic acids is 1. The van der Waals surface area contributed by atoms with Gasteiger partial charge in [0.05, 0.1) is 5.41 Å². The molecule has 0 aliphatic heterocycles. The smallest absolute Gasteiger partial charge is 0.311 e. The first-order valence-corrected chi connectivity index (χ1v) is 12.2.